The van der Waals surface area contributed by atoms with Gasteiger partial charge in [-0.3, -0.25) is 4.79 Å². The van der Waals surface area contributed by atoms with Crippen molar-refractivity contribution in [3.63, 3.8) is 0 Å². The molecule has 0 fully saturated rings. The van der Waals surface area contributed by atoms with Crippen LogP contribution >= 0.6 is 0 Å². The molecule has 0 aliphatic rings. The zero-order chi connectivity index (χ0) is 12.3. The van der Waals surface area contributed by atoms with Crippen molar-refractivity contribution in [2.24, 2.45) is 0 Å². The Morgan fingerprint density at radius 1 is 1.06 bits per heavy atom. The normalized spacial score (nSPS) is 10.2. The van der Waals surface area contributed by atoms with Crippen LogP contribution in [-0.2, 0) is 4.79 Å². The Morgan fingerprint density at radius 3 is 2.47 bits per heavy atom. The summed E-state index contributed by atoms with van der Waals surface area (Å²) in [6, 6.07) is 9.49. The summed E-state index contributed by atoms with van der Waals surface area (Å²) < 4.78 is 5.40. The molecular weight excluding hydrogens is 212 g/mol. The second-order valence-corrected chi connectivity index (χ2v) is 4.30. The molecule has 2 heteroatoms. The lowest BCUT2D eigenvalue weighted by Crippen LogP contribution is -2.10. The summed E-state index contributed by atoms with van der Waals surface area (Å²) in [6.45, 7) is 2.40. The van der Waals surface area contributed by atoms with Crippen molar-refractivity contribution in [2.75, 3.05) is 6.61 Å². The van der Waals surface area contributed by atoms with Gasteiger partial charge in [-0.15, -0.1) is 0 Å². The van der Waals surface area contributed by atoms with E-state index in [0.717, 1.165) is 18.6 Å². The molecule has 1 rings (SSSR count). The molecule has 0 aliphatic heterocycles. The minimum atomic E-state index is 0.199. The molecule has 0 radical (unpaired) electrons. The smallest absolute Gasteiger partial charge is 0.170 e. The van der Waals surface area contributed by atoms with Crippen LogP contribution in [-0.4, -0.2) is 12.4 Å². The second kappa shape index (κ2) is 8.80. The summed E-state index contributed by atoms with van der Waals surface area (Å²) in [5, 5.41) is 0. The maximum absolute atomic E-state index is 11.5. The van der Waals surface area contributed by atoms with Crippen LogP contribution in [0.15, 0.2) is 30.3 Å². The van der Waals surface area contributed by atoms with E-state index in [1.165, 1.54) is 19.3 Å². The van der Waals surface area contributed by atoms with E-state index in [0.29, 0.717) is 6.42 Å². The number of ether oxygens (including phenoxy) is 1. The Bertz CT molecular complexity index is 306. The van der Waals surface area contributed by atoms with E-state index in [1.54, 1.807) is 0 Å². The van der Waals surface area contributed by atoms with Crippen molar-refractivity contribution in [3.8, 4) is 5.75 Å². The average molecular weight is 234 g/mol. The molecule has 2 nitrogen and oxygen atoms in total. The van der Waals surface area contributed by atoms with Crippen molar-refractivity contribution < 1.29 is 9.53 Å². The number of rotatable bonds is 9. The molecular formula is C15H22O2. The molecule has 1 aromatic rings. The van der Waals surface area contributed by atoms with E-state index in [2.05, 4.69) is 6.92 Å². The minimum Gasteiger partial charge on any atom is -0.486 e. The van der Waals surface area contributed by atoms with Crippen molar-refractivity contribution in [3.05, 3.63) is 30.3 Å². The topological polar surface area (TPSA) is 26.3 Å². The van der Waals surface area contributed by atoms with Gasteiger partial charge in [-0.1, -0.05) is 50.8 Å². The van der Waals surface area contributed by atoms with E-state index in [4.69, 9.17) is 4.74 Å². The molecule has 0 unspecified atom stereocenters. The first kappa shape index (κ1) is 13.8. The van der Waals surface area contributed by atoms with Gasteiger partial charge in [-0.05, 0) is 18.6 Å². The maximum Gasteiger partial charge on any atom is 0.170 e. The van der Waals surface area contributed by atoms with Crippen LogP contribution in [0.3, 0.4) is 0 Å². The van der Waals surface area contributed by atoms with Crippen LogP contribution in [0.4, 0.5) is 0 Å². The van der Waals surface area contributed by atoms with Crippen LogP contribution < -0.4 is 4.74 Å². The third-order valence-electron chi connectivity index (χ3n) is 2.70. The Balaban J connectivity index is 2.05. The number of para-hydroxylation sites is 1. The fourth-order valence-corrected chi connectivity index (χ4v) is 1.68. The van der Waals surface area contributed by atoms with Gasteiger partial charge in [0.25, 0.3) is 0 Å². The fourth-order valence-electron chi connectivity index (χ4n) is 1.68. The highest BCUT2D eigenvalue weighted by atomic mass is 16.5. The second-order valence-electron chi connectivity index (χ2n) is 4.30. The third-order valence-corrected chi connectivity index (χ3v) is 2.70. The SMILES string of the molecule is CCCCCCCC(=O)COc1ccccc1. The lowest BCUT2D eigenvalue weighted by molar-refractivity contribution is -0.121. The molecule has 17 heavy (non-hydrogen) atoms. The number of Topliss-reactive ketones (excluding diaryl/α,β-unsaturated/α-hetero) is 1. The number of carbonyl (C=O) groups is 1. The molecule has 0 aromatic heterocycles. The van der Waals surface area contributed by atoms with Gasteiger partial charge in [0, 0.05) is 6.42 Å². The van der Waals surface area contributed by atoms with Gasteiger partial charge < -0.3 is 4.74 Å². The molecule has 0 heterocycles. The highest BCUT2D eigenvalue weighted by Gasteiger charge is 2.02. The molecule has 0 saturated heterocycles. The largest absolute Gasteiger partial charge is 0.486 e. The van der Waals surface area contributed by atoms with Gasteiger partial charge >= 0.3 is 0 Å². The van der Waals surface area contributed by atoms with Crippen molar-refractivity contribution in [1.82, 2.24) is 0 Å². The highest BCUT2D eigenvalue weighted by molar-refractivity contribution is 5.79. The molecule has 94 valence electrons. The molecule has 0 bridgehead atoms. The summed E-state index contributed by atoms with van der Waals surface area (Å²) in [5.74, 6) is 0.970. The van der Waals surface area contributed by atoms with Crippen molar-refractivity contribution in [1.29, 1.82) is 0 Å². The van der Waals surface area contributed by atoms with Gasteiger partial charge in [-0.25, -0.2) is 0 Å². The molecule has 0 amide bonds. The lowest BCUT2D eigenvalue weighted by Gasteiger charge is -2.05. The monoisotopic (exact) mass is 234 g/mol. The van der Waals surface area contributed by atoms with Gasteiger partial charge in [0.05, 0.1) is 0 Å². The van der Waals surface area contributed by atoms with Gasteiger partial charge in [0.2, 0.25) is 0 Å². The number of ketones is 1. The van der Waals surface area contributed by atoms with Crippen LogP contribution in [0.1, 0.15) is 45.4 Å². The fraction of sp³-hybridized carbons (Fsp3) is 0.533. The Labute approximate surface area is 104 Å². The standard InChI is InChI=1S/C15H22O2/c1-2-3-4-5-7-10-14(16)13-17-15-11-8-6-9-12-15/h6,8-9,11-12H,2-5,7,10,13H2,1H3. The minimum absolute atomic E-state index is 0.199. The summed E-state index contributed by atoms with van der Waals surface area (Å²) >= 11 is 0. The van der Waals surface area contributed by atoms with Gasteiger partial charge in [0.15, 0.2) is 5.78 Å². The number of hydrogen-bond donors (Lipinski definition) is 0. The molecule has 0 spiro atoms. The lowest BCUT2D eigenvalue weighted by atomic mass is 10.1. The van der Waals surface area contributed by atoms with Crippen molar-refractivity contribution >= 4 is 5.78 Å². The zero-order valence-corrected chi connectivity index (χ0v) is 10.7. The van der Waals surface area contributed by atoms with E-state index < -0.39 is 0 Å². The quantitative estimate of drug-likeness (QED) is 0.604. The predicted molar refractivity (Wildman–Crippen MR) is 70.3 cm³/mol. The highest BCUT2D eigenvalue weighted by Crippen LogP contribution is 2.09. The van der Waals surface area contributed by atoms with Crippen LogP contribution in [0, 0.1) is 0 Å². The third kappa shape index (κ3) is 6.77. The van der Waals surface area contributed by atoms with Crippen LogP contribution in [0.2, 0.25) is 0 Å². The Morgan fingerprint density at radius 2 is 1.76 bits per heavy atom. The van der Waals surface area contributed by atoms with Gasteiger partial charge in [0.1, 0.15) is 12.4 Å². The van der Waals surface area contributed by atoms with Gasteiger partial charge in [-0.2, -0.15) is 0 Å². The molecule has 0 aliphatic carbocycles. The van der Waals surface area contributed by atoms with Crippen molar-refractivity contribution in [2.45, 2.75) is 45.4 Å². The molecule has 0 saturated carbocycles. The summed E-state index contributed by atoms with van der Waals surface area (Å²) in [7, 11) is 0. The van der Waals surface area contributed by atoms with E-state index in [-0.39, 0.29) is 12.4 Å². The van der Waals surface area contributed by atoms with E-state index in [9.17, 15) is 4.79 Å². The Kier molecular flexibility index (Phi) is 7.12. The number of hydrogen-bond acceptors (Lipinski definition) is 2. The first-order chi connectivity index (χ1) is 8.33. The summed E-state index contributed by atoms with van der Waals surface area (Å²) in [6.07, 6.45) is 6.56. The Hall–Kier alpha value is -1.31. The number of benzene rings is 1. The van der Waals surface area contributed by atoms with Crippen LogP contribution in [0.5, 0.6) is 5.75 Å². The molecule has 0 N–H and O–H groups in total. The zero-order valence-electron chi connectivity index (χ0n) is 10.7. The number of carbonyl (C=O) groups excluding carboxylic acids is 1. The summed E-state index contributed by atoms with van der Waals surface area (Å²) in [4.78, 5) is 11.5. The first-order valence-corrected chi connectivity index (χ1v) is 6.52. The maximum atomic E-state index is 11.5. The summed E-state index contributed by atoms with van der Waals surface area (Å²) in [5.41, 5.74) is 0. The van der Waals surface area contributed by atoms with E-state index >= 15 is 0 Å². The molecule has 0 atom stereocenters. The average Bonchev–Trinajstić information content (AvgIpc) is 2.37. The predicted octanol–water partition coefficient (Wildman–Crippen LogP) is 4.00. The van der Waals surface area contributed by atoms with E-state index in [1.807, 2.05) is 30.3 Å². The van der Waals surface area contributed by atoms with Crippen LogP contribution in [0.25, 0.3) is 0 Å². The number of unbranched alkanes of at least 4 members (excludes halogenated alkanes) is 4. The molecule has 1 aromatic carbocycles. The first-order valence-electron chi connectivity index (χ1n) is 6.52.